The van der Waals surface area contributed by atoms with Gasteiger partial charge in [0.05, 0.1) is 0 Å². The van der Waals surface area contributed by atoms with Crippen LogP contribution in [-0.2, 0) is 0 Å². The number of aromatic nitrogens is 2. The van der Waals surface area contributed by atoms with Crippen molar-refractivity contribution in [2.45, 2.75) is 19.8 Å². The summed E-state index contributed by atoms with van der Waals surface area (Å²) >= 11 is 0. The van der Waals surface area contributed by atoms with E-state index in [1.807, 2.05) is 11.9 Å². The Hall–Kier alpha value is -1.85. The van der Waals surface area contributed by atoms with Crippen LogP contribution in [0.2, 0.25) is 0 Å². The molecule has 1 aromatic heterocycles. The van der Waals surface area contributed by atoms with Gasteiger partial charge in [0.15, 0.2) is 17.3 Å². The molecule has 0 unspecified atom stereocenters. The molecule has 88 valence electrons. The number of unbranched alkanes of at least 4 members (excludes halogenated alkanes) is 1. The number of amidine groups is 1. The number of anilines is 1. The third-order valence-electron chi connectivity index (χ3n) is 2.24. The maximum atomic E-state index is 8.65. The predicted molar refractivity (Wildman–Crippen MR) is 62.7 cm³/mol. The molecule has 0 aliphatic heterocycles. The van der Waals surface area contributed by atoms with Gasteiger partial charge in [-0.1, -0.05) is 18.5 Å². The second kappa shape index (κ2) is 5.89. The standard InChI is InChI=1S/C10H17N5O/c1-3-4-7-15(2)10-8(9(11)14-16)12-5-6-13-10/h5-6,16H,3-4,7H2,1-2H3,(H2,11,14). The lowest BCUT2D eigenvalue weighted by atomic mass is 10.3. The molecular formula is C10H17N5O. The predicted octanol–water partition coefficient (Wildman–Crippen LogP) is 0.807. The molecule has 0 aliphatic rings. The first-order valence-electron chi connectivity index (χ1n) is 5.20. The summed E-state index contributed by atoms with van der Waals surface area (Å²) in [5, 5.41) is 11.6. The minimum atomic E-state index is -0.0218. The van der Waals surface area contributed by atoms with Gasteiger partial charge in [0, 0.05) is 26.0 Å². The lowest BCUT2D eigenvalue weighted by Crippen LogP contribution is -2.26. The van der Waals surface area contributed by atoms with Gasteiger partial charge < -0.3 is 15.8 Å². The Morgan fingerprint density at radius 3 is 2.81 bits per heavy atom. The number of rotatable bonds is 5. The number of hydrogen-bond acceptors (Lipinski definition) is 5. The van der Waals surface area contributed by atoms with Crippen LogP contribution in [0.5, 0.6) is 0 Å². The van der Waals surface area contributed by atoms with Gasteiger partial charge >= 0.3 is 0 Å². The molecule has 1 heterocycles. The molecule has 0 saturated carbocycles. The first kappa shape index (κ1) is 12.2. The van der Waals surface area contributed by atoms with E-state index in [0.29, 0.717) is 11.5 Å². The summed E-state index contributed by atoms with van der Waals surface area (Å²) in [6, 6.07) is 0. The molecular weight excluding hydrogens is 206 g/mol. The van der Waals surface area contributed by atoms with E-state index < -0.39 is 0 Å². The lowest BCUT2D eigenvalue weighted by Gasteiger charge is -2.19. The van der Waals surface area contributed by atoms with Crippen molar-refractivity contribution in [3.63, 3.8) is 0 Å². The molecule has 0 saturated heterocycles. The Labute approximate surface area is 94.8 Å². The fourth-order valence-corrected chi connectivity index (χ4v) is 1.34. The van der Waals surface area contributed by atoms with Crippen LogP contribution in [-0.4, -0.2) is 34.6 Å². The van der Waals surface area contributed by atoms with E-state index in [9.17, 15) is 0 Å². The van der Waals surface area contributed by atoms with E-state index in [2.05, 4.69) is 22.0 Å². The number of oxime groups is 1. The van der Waals surface area contributed by atoms with Crippen LogP contribution >= 0.6 is 0 Å². The van der Waals surface area contributed by atoms with Crippen molar-refractivity contribution in [1.29, 1.82) is 0 Å². The van der Waals surface area contributed by atoms with Crippen LogP contribution < -0.4 is 10.6 Å². The average Bonchev–Trinajstić information content (AvgIpc) is 2.35. The molecule has 1 rings (SSSR count). The highest BCUT2D eigenvalue weighted by molar-refractivity contribution is 5.99. The van der Waals surface area contributed by atoms with Gasteiger partial charge in [0.1, 0.15) is 0 Å². The van der Waals surface area contributed by atoms with Crippen molar-refractivity contribution >= 4 is 11.7 Å². The van der Waals surface area contributed by atoms with Crippen molar-refractivity contribution in [3.05, 3.63) is 18.1 Å². The van der Waals surface area contributed by atoms with Crippen LogP contribution in [0.4, 0.5) is 5.82 Å². The SMILES string of the molecule is CCCCN(C)c1nccnc1C(N)=NO. The van der Waals surface area contributed by atoms with Crippen LogP contribution in [0, 0.1) is 0 Å². The molecule has 0 aromatic carbocycles. The second-order valence-corrected chi connectivity index (χ2v) is 3.49. The normalized spacial score (nSPS) is 11.5. The van der Waals surface area contributed by atoms with E-state index in [1.165, 1.54) is 6.20 Å². The Morgan fingerprint density at radius 2 is 2.19 bits per heavy atom. The Balaban J connectivity index is 2.94. The minimum absolute atomic E-state index is 0.0218. The van der Waals surface area contributed by atoms with Crippen molar-refractivity contribution in [1.82, 2.24) is 9.97 Å². The van der Waals surface area contributed by atoms with Crippen molar-refractivity contribution < 1.29 is 5.21 Å². The van der Waals surface area contributed by atoms with E-state index in [1.54, 1.807) is 6.20 Å². The summed E-state index contributed by atoms with van der Waals surface area (Å²) in [4.78, 5) is 10.2. The van der Waals surface area contributed by atoms with Gasteiger partial charge in [-0.3, -0.25) is 0 Å². The van der Waals surface area contributed by atoms with Crippen LogP contribution in [0.15, 0.2) is 17.5 Å². The average molecular weight is 223 g/mol. The number of nitrogens with zero attached hydrogens (tertiary/aromatic N) is 4. The van der Waals surface area contributed by atoms with Crippen LogP contribution in [0.3, 0.4) is 0 Å². The summed E-state index contributed by atoms with van der Waals surface area (Å²) in [5.74, 6) is 0.609. The van der Waals surface area contributed by atoms with E-state index in [-0.39, 0.29) is 5.84 Å². The van der Waals surface area contributed by atoms with E-state index in [0.717, 1.165) is 19.4 Å². The third-order valence-corrected chi connectivity index (χ3v) is 2.24. The summed E-state index contributed by atoms with van der Waals surface area (Å²) in [7, 11) is 1.91. The second-order valence-electron chi connectivity index (χ2n) is 3.49. The molecule has 6 heteroatoms. The zero-order valence-electron chi connectivity index (χ0n) is 9.59. The fourth-order valence-electron chi connectivity index (χ4n) is 1.34. The Kier molecular flexibility index (Phi) is 4.50. The van der Waals surface area contributed by atoms with Gasteiger partial charge in [0.25, 0.3) is 0 Å². The molecule has 16 heavy (non-hydrogen) atoms. The van der Waals surface area contributed by atoms with Gasteiger partial charge in [0.2, 0.25) is 0 Å². The first-order chi connectivity index (χ1) is 7.70. The maximum Gasteiger partial charge on any atom is 0.192 e. The zero-order chi connectivity index (χ0) is 12.0. The highest BCUT2D eigenvalue weighted by Gasteiger charge is 2.13. The fraction of sp³-hybridized carbons (Fsp3) is 0.500. The number of nitrogens with two attached hydrogens (primary N) is 1. The first-order valence-corrected chi connectivity index (χ1v) is 5.20. The molecule has 0 spiro atoms. The largest absolute Gasteiger partial charge is 0.409 e. The molecule has 0 aliphatic carbocycles. The minimum Gasteiger partial charge on any atom is -0.409 e. The van der Waals surface area contributed by atoms with Gasteiger partial charge in [-0.05, 0) is 6.42 Å². The molecule has 0 bridgehead atoms. The molecule has 0 atom stereocenters. The molecule has 6 nitrogen and oxygen atoms in total. The zero-order valence-corrected chi connectivity index (χ0v) is 9.59. The quantitative estimate of drug-likeness (QED) is 0.334. The van der Waals surface area contributed by atoms with Crippen LogP contribution in [0.25, 0.3) is 0 Å². The summed E-state index contributed by atoms with van der Waals surface area (Å²) in [5.41, 5.74) is 5.94. The van der Waals surface area contributed by atoms with E-state index >= 15 is 0 Å². The summed E-state index contributed by atoms with van der Waals surface area (Å²) in [6.07, 6.45) is 5.27. The molecule has 1 aromatic rings. The topological polar surface area (TPSA) is 87.6 Å². The molecule has 0 fully saturated rings. The monoisotopic (exact) mass is 223 g/mol. The smallest absolute Gasteiger partial charge is 0.192 e. The highest BCUT2D eigenvalue weighted by atomic mass is 16.4. The maximum absolute atomic E-state index is 8.65. The van der Waals surface area contributed by atoms with Gasteiger partial charge in [-0.15, -0.1) is 0 Å². The highest BCUT2D eigenvalue weighted by Crippen LogP contribution is 2.13. The molecule has 0 amide bonds. The summed E-state index contributed by atoms with van der Waals surface area (Å²) in [6.45, 7) is 2.98. The van der Waals surface area contributed by atoms with Crippen molar-refractivity contribution in [2.24, 2.45) is 10.9 Å². The van der Waals surface area contributed by atoms with Gasteiger partial charge in [-0.2, -0.15) is 0 Å². The molecule has 0 radical (unpaired) electrons. The van der Waals surface area contributed by atoms with E-state index in [4.69, 9.17) is 10.9 Å². The lowest BCUT2D eigenvalue weighted by molar-refractivity contribution is 0.318. The Bertz CT molecular complexity index is 366. The van der Waals surface area contributed by atoms with Crippen molar-refractivity contribution in [3.8, 4) is 0 Å². The third kappa shape index (κ3) is 2.82. The Morgan fingerprint density at radius 1 is 1.50 bits per heavy atom. The number of hydrogen-bond donors (Lipinski definition) is 2. The van der Waals surface area contributed by atoms with Gasteiger partial charge in [-0.25, -0.2) is 9.97 Å². The van der Waals surface area contributed by atoms with Crippen LogP contribution in [0.1, 0.15) is 25.5 Å². The summed E-state index contributed by atoms with van der Waals surface area (Å²) < 4.78 is 0. The molecule has 3 N–H and O–H groups in total. The van der Waals surface area contributed by atoms with Crippen molar-refractivity contribution in [2.75, 3.05) is 18.5 Å².